The molecule has 0 unspecified atom stereocenters. The highest BCUT2D eigenvalue weighted by Gasteiger charge is 2.21. The molecule has 0 aliphatic carbocycles. The van der Waals surface area contributed by atoms with E-state index in [2.05, 4.69) is 15.1 Å². The van der Waals surface area contributed by atoms with E-state index in [1.165, 1.54) is 11.3 Å². The summed E-state index contributed by atoms with van der Waals surface area (Å²) in [6.07, 6.45) is 3.70. The Morgan fingerprint density at radius 3 is 2.70 bits per heavy atom. The third kappa shape index (κ3) is 2.84. The van der Waals surface area contributed by atoms with Crippen molar-refractivity contribution in [3.05, 3.63) is 39.9 Å². The Bertz CT molecular complexity index is 895. The monoisotopic (exact) mass is 329 g/mol. The van der Waals surface area contributed by atoms with Crippen LogP contribution in [-0.4, -0.2) is 37.6 Å². The summed E-state index contributed by atoms with van der Waals surface area (Å²) >= 11 is 1.44. The van der Waals surface area contributed by atoms with Crippen molar-refractivity contribution in [3.8, 4) is 0 Å². The van der Waals surface area contributed by atoms with Crippen molar-refractivity contribution in [3.63, 3.8) is 0 Å². The molecule has 0 saturated heterocycles. The molecule has 0 N–H and O–H groups in total. The number of thiophene rings is 1. The van der Waals surface area contributed by atoms with Crippen LogP contribution in [0.1, 0.15) is 32.3 Å². The Morgan fingerprint density at radius 1 is 1.30 bits per heavy atom. The molecule has 23 heavy (non-hydrogen) atoms. The zero-order valence-corrected chi connectivity index (χ0v) is 14.7. The predicted molar refractivity (Wildman–Crippen MR) is 90.6 cm³/mol. The van der Waals surface area contributed by atoms with Crippen LogP contribution in [-0.2, 0) is 13.6 Å². The number of carbonyl (C=O) groups excluding carboxylic acids is 1. The molecule has 6 nitrogen and oxygen atoms in total. The van der Waals surface area contributed by atoms with Crippen molar-refractivity contribution < 1.29 is 4.79 Å². The third-order valence-electron chi connectivity index (χ3n) is 3.80. The van der Waals surface area contributed by atoms with E-state index >= 15 is 0 Å². The molecule has 0 fully saturated rings. The van der Waals surface area contributed by atoms with Crippen LogP contribution in [0.3, 0.4) is 0 Å². The van der Waals surface area contributed by atoms with Gasteiger partial charge in [-0.2, -0.15) is 5.10 Å². The summed E-state index contributed by atoms with van der Waals surface area (Å²) in [4.78, 5) is 25.0. The maximum absolute atomic E-state index is 12.8. The van der Waals surface area contributed by atoms with Crippen LogP contribution in [0.2, 0.25) is 0 Å². The summed E-state index contributed by atoms with van der Waals surface area (Å²) in [6.45, 7) is 6.33. The maximum atomic E-state index is 12.8. The molecule has 3 rings (SSSR count). The number of rotatable bonds is 3. The second-order valence-electron chi connectivity index (χ2n) is 5.78. The molecule has 0 aliphatic heterocycles. The molecule has 0 aromatic carbocycles. The summed E-state index contributed by atoms with van der Waals surface area (Å²) in [5.41, 5.74) is 2.90. The number of aryl methyl sites for hydroxylation is 4. The summed E-state index contributed by atoms with van der Waals surface area (Å²) in [6, 6.07) is 0. The van der Waals surface area contributed by atoms with Gasteiger partial charge in [-0.15, -0.1) is 11.3 Å². The van der Waals surface area contributed by atoms with Gasteiger partial charge >= 0.3 is 0 Å². The van der Waals surface area contributed by atoms with Gasteiger partial charge in [0.1, 0.15) is 10.7 Å². The minimum absolute atomic E-state index is 0.00593. The van der Waals surface area contributed by atoms with Crippen molar-refractivity contribution in [1.29, 1.82) is 0 Å². The summed E-state index contributed by atoms with van der Waals surface area (Å²) in [5.74, 6) is 0.741. The van der Waals surface area contributed by atoms with E-state index < -0.39 is 0 Å². The molecule has 3 aromatic rings. The smallest absolute Gasteiger partial charge is 0.264 e. The van der Waals surface area contributed by atoms with Crippen molar-refractivity contribution in [2.75, 3.05) is 7.05 Å². The van der Waals surface area contributed by atoms with E-state index in [-0.39, 0.29) is 5.91 Å². The number of hydrogen-bond donors (Lipinski definition) is 0. The van der Waals surface area contributed by atoms with Gasteiger partial charge in [-0.05, 0) is 26.3 Å². The van der Waals surface area contributed by atoms with Crippen molar-refractivity contribution in [2.45, 2.75) is 27.3 Å². The molecule has 7 heteroatoms. The van der Waals surface area contributed by atoms with E-state index in [0.717, 1.165) is 37.7 Å². The minimum Gasteiger partial charge on any atom is -0.337 e. The first-order valence-electron chi connectivity index (χ1n) is 7.34. The molecule has 3 aromatic heterocycles. The Balaban J connectivity index is 1.94. The van der Waals surface area contributed by atoms with Gasteiger partial charge in [0.2, 0.25) is 0 Å². The van der Waals surface area contributed by atoms with Crippen LogP contribution < -0.4 is 0 Å². The van der Waals surface area contributed by atoms with Crippen LogP contribution in [0.5, 0.6) is 0 Å². The van der Waals surface area contributed by atoms with Gasteiger partial charge in [0.15, 0.2) is 0 Å². The van der Waals surface area contributed by atoms with Crippen LogP contribution in [0.15, 0.2) is 12.4 Å². The van der Waals surface area contributed by atoms with Gasteiger partial charge in [0, 0.05) is 43.5 Å². The molecule has 0 bridgehead atoms. The first-order chi connectivity index (χ1) is 10.9. The molecule has 0 saturated carbocycles. The van der Waals surface area contributed by atoms with Gasteiger partial charge in [-0.25, -0.2) is 9.97 Å². The van der Waals surface area contributed by atoms with Crippen LogP contribution in [0.4, 0.5) is 0 Å². The number of aromatic nitrogens is 4. The Labute approximate surface area is 138 Å². The van der Waals surface area contributed by atoms with Gasteiger partial charge in [0.05, 0.1) is 11.1 Å². The average molecular weight is 329 g/mol. The van der Waals surface area contributed by atoms with Crippen LogP contribution in [0.25, 0.3) is 10.2 Å². The summed E-state index contributed by atoms with van der Waals surface area (Å²) in [7, 11) is 3.67. The Morgan fingerprint density at radius 2 is 2.04 bits per heavy atom. The van der Waals surface area contributed by atoms with Gasteiger partial charge < -0.3 is 4.90 Å². The topological polar surface area (TPSA) is 63.9 Å². The van der Waals surface area contributed by atoms with Crippen LogP contribution in [0, 0.1) is 20.8 Å². The number of fused-ring (bicyclic) bond motifs is 1. The Hall–Kier alpha value is -2.28. The summed E-state index contributed by atoms with van der Waals surface area (Å²) < 4.78 is 1.74. The van der Waals surface area contributed by atoms with Crippen molar-refractivity contribution >= 4 is 27.5 Å². The lowest BCUT2D eigenvalue weighted by Gasteiger charge is -2.15. The van der Waals surface area contributed by atoms with E-state index in [0.29, 0.717) is 6.54 Å². The summed E-state index contributed by atoms with van der Waals surface area (Å²) in [5, 5.41) is 5.14. The molecular formula is C16H19N5OS. The molecule has 0 aliphatic rings. The number of carbonyl (C=O) groups is 1. The second-order valence-corrected chi connectivity index (χ2v) is 6.78. The maximum Gasteiger partial charge on any atom is 0.264 e. The first kappa shape index (κ1) is 15.6. The molecule has 0 atom stereocenters. The van der Waals surface area contributed by atoms with Gasteiger partial charge in [-0.1, -0.05) is 0 Å². The lowest BCUT2D eigenvalue weighted by atomic mass is 10.1. The molecule has 120 valence electrons. The van der Waals surface area contributed by atoms with E-state index in [9.17, 15) is 4.79 Å². The standard InChI is InChI=1S/C16H19N5OS/c1-9-13-10(2)18-11(3)19-15(13)23-14(9)16(22)20(4)7-12-6-17-21(5)8-12/h6,8H,7H2,1-5H3. The second kappa shape index (κ2) is 5.73. The molecule has 0 spiro atoms. The largest absolute Gasteiger partial charge is 0.337 e. The quantitative estimate of drug-likeness (QED) is 0.741. The van der Waals surface area contributed by atoms with E-state index in [1.807, 2.05) is 41.1 Å². The Kier molecular flexibility index (Phi) is 3.89. The average Bonchev–Trinajstić information content (AvgIpc) is 3.01. The fraction of sp³-hybridized carbons (Fsp3) is 0.375. The fourth-order valence-electron chi connectivity index (χ4n) is 2.75. The van der Waals surface area contributed by atoms with Crippen molar-refractivity contribution in [2.24, 2.45) is 7.05 Å². The van der Waals surface area contributed by atoms with E-state index in [4.69, 9.17) is 0 Å². The molecule has 3 heterocycles. The van der Waals surface area contributed by atoms with E-state index in [1.54, 1.807) is 15.8 Å². The van der Waals surface area contributed by atoms with Crippen molar-refractivity contribution in [1.82, 2.24) is 24.6 Å². The normalized spacial score (nSPS) is 11.2. The molecular weight excluding hydrogens is 310 g/mol. The highest BCUT2D eigenvalue weighted by Crippen LogP contribution is 2.32. The highest BCUT2D eigenvalue weighted by atomic mass is 32.1. The van der Waals surface area contributed by atoms with Gasteiger partial charge in [0.25, 0.3) is 5.91 Å². The number of nitrogens with zero attached hydrogens (tertiary/aromatic N) is 5. The van der Waals surface area contributed by atoms with Gasteiger partial charge in [-0.3, -0.25) is 9.48 Å². The first-order valence-corrected chi connectivity index (χ1v) is 8.15. The lowest BCUT2D eigenvalue weighted by Crippen LogP contribution is -2.25. The molecule has 0 radical (unpaired) electrons. The zero-order valence-electron chi connectivity index (χ0n) is 13.9. The highest BCUT2D eigenvalue weighted by molar-refractivity contribution is 7.20. The zero-order chi connectivity index (χ0) is 16.7. The lowest BCUT2D eigenvalue weighted by molar-refractivity contribution is 0.0789. The number of amides is 1. The third-order valence-corrected chi connectivity index (χ3v) is 4.98. The predicted octanol–water partition coefficient (Wildman–Crippen LogP) is 2.62. The number of hydrogen-bond acceptors (Lipinski definition) is 5. The van der Waals surface area contributed by atoms with Crippen LogP contribution >= 0.6 is 11.3 Å². The minimum atomic E-state index is 0.00593. The molecule has 1 amide bonds. The SMILES string of the molecule is Cc1nc(C)c2c(C)c(C(=O)N(C)Cc3cnn(C)c3)sc2n1. The fourth-order valence-corrected chi connectivity index (χ4v) is 4.02.